The molecule has 0 saturated carbocycles. The molecule has 2 rings (SSSR count). The van der Waals surface area contributed by atoms with E-state index in [1.807, 2.05) is 6.07 Å². The van der Waals surface area contributed by atoms with Crippen molar-refractivity contribution in [3.63, 3.8) is 0 Å². The minimum Gasteiger partial charge on any atom is -0.474 e. The summed E-state index contributed by atoms with van der Waals surface area (Å²) in [6.07, 6.45) is -0.714. The standard InChI is InChI=1S/C13H13N3O4/c1-13(2)11(16-20-12(17)15-3)18-10-6-8(7-14)4-5-9(10)19-13/h4-6H,1-3H3,(H,15,17). The van der Waals surface area contributed by atoms with E-state index in [-0.39, 0.29) is 5.90 Å². The Kier molecular flexibility index (Phi) is 3.48. The fourth-order valence-electron chi connectivity index (χ4n) is 1.54. The van der Waals surface area contributed by atoms with Crippen molar-refractivity contribution in [3.8, 4) is 17.6 Å². The molecule has 1 N–H and O–H groups in total. The molecule has 7 nitrogen and oxygen atoms in total. The van der Waals surface area contributed by atoms with Gasteiger partial charge in [-0.1, -0.05) is 0 Å². The van der Waals surface area contributed by atoms with E-state index in [9.17, 15) is 4.79 Å². The third kappa shape index (κ3) is 2.64. The van der Waals surface area contributed by atoms with E-state index >= 15 is 0 Å². The molecule has 1 amide bonds. The number of benzene rings is 1. The zero-order valence-electron chi connectivity index (χ0n) is 11.3. The van der Waals surface area contributed by atoms with Gasteiger partial charge in [0.25, 0.3) is 5.90 Å². The van der Waals surface area contributed by atoms with Gasteiger partial charge in [0.05, 0.1) is 11.6 Å². The van der Waals surface area contributed by atoms with Crippen molar-refractivity contribution in [1.29, 1.82) is 5.26 Å². The monoisotopic (exact) mass is 275 g/mol. The second-order valence-corrected chi connectivity index (χ2v) is 4.51. The van der Waals surface area contributed by atoms with Gasteiger partial charge in [-0.3, -0.25) is 4.84 Å². The summed E-state index contributed by atoms with van der Waals surface area (Å²) in [6, 6.07) is 6.80. The number of carbonyl (C=O) groups excluding carboxylic acids is 1. The highest BCUT2D eigenvalue weighted by molar-refractivity contribution is 5.89. The lowest BCUT2D eigenvalue weighted by Gasteiger charge is -2.32. The van der Waals surface area contributed by atoms with Crippen molar-refractivity contribution in [1.82, 2.24) is 5.32 Å². The van der Waals surface area contributed by atoms with E-state index in [1.165, 1.54) is 13.1 Å². The molecule has 20 heavy (non-hydrogen) atoms. The highest BCUT2D eigenvalue weighted by atomic mass is 16.7. The first-order valence-corrected chi connectivity index (χ1v) is 5.84. The number of oxime groups is 1. The van der Waals surface area contributed by atoms with Crippen molar-refractivity contribution in [2.45, 2.75) is 19.4 Å². The van der Waals surface area contributed by atoms with E-state index in [1.54, 1.807) is 26.0 Å². The fourth-order valence-corrected chi connectivity index (χ4v) is 1.54. The fraction of sp³-hybridized carbons (Fsp3) is 0.308. The molecule has 0 aliphatic carbocycles. The Balaban J connectivity index is 2.32. The van der Waals surface area contributed by atoms with E-state index in [2.05, 4.69) is 15.3 Å². The summed E-state index contributed by atoms with van der Waals surface area (Å²) < 4.78 is 11.3. The van der Waals surface area contributed by atoms with Crippen molar-refractivity contribution in [3.05, 3.63) is 23.8 Å². The third-order valence-electron chi connectivity index (χ3n) is 2.58. The molecule has 0 unspecified atom stereocenters. The van der Waals surface area contributed by atoms with Crippen LogP contribution in [0.25, 0.3) is 0 Å². The Morgan fingerprint density at radius 2 is 2.20 bits per heavy atom. The molecule has 1 aromatic carbocycles. The summed E-state index contributed by atoms with van der Waals surface area (Å²) in [7, 11) is 1.42. The van der Waals surface area contributed by atoms with Crippen molar-refractivity contribution in [2.75, 3.05) is 7.05 Å². The predicted octanol–water partition coefficient (Wildman–Crippen LogP) is 1.78. The molecule has 0 fully saturated rings. The number of ether oxygens (including phenoxy) is 2. The quantitative estimate of drug-likeness (QED) is 0.623. The Morgan fingerprint density at radius 3 is 2.85 bits per heavy atom. The van der Waals surface area contributed by atoms with Crippen molar-refractivity contribution in [2.24, 2.45) is 5.16 Å². The summed E-state index contributed by atoms with van der Waals surface area (Å²) in [4.78, 5) is 15.6. The van der Waals surface area contributed by atoms with Gasteiger partial charge in [0.2, 0.25) is 0 Å². The molecule has 0 atom stereocenters. The van der Waals surface area contributed by atoms with Crippen LogP contribution in [0.1, 0.15) is 19.4 Å². The number of nitriles is 1. The van der Waals surface area contributed by atoms with Gasteiger partial charge in [-0.05, 0) is 31.1 Å². The number of nitrogens with zero attached hydrogens (tertiary/aromatic N) is 2. The normalized spacial score (nSPS) is 17.2. The maximum absolute atomic E-state index is 11.0. The average molecular weight is 275 g/mol. The zero-order valence-corrected chi connectivity index (χ0v) is 11.3. The average Bonchev–Trinajstić information content (AvgIpc) is 2.43. The van der Waals surface area contributed by atoms with Gasteiger partial charge in [0.1, 0.15) is 0 Å². The van der Waals surface area contributed by atoms with Crippen LogP contribution in [0.2, 0.25) is 0 Å². The Hall–Kier alpha value is -2.75. The van der Waals surface area contributed by atoms with E-state index in [0.717, 1.165) is 0 Å². The van der Waals surface area contributed by atoms with Gasteiger partial charge in [0.15, 0.2) is 17.1 Å². The molecule has 104 valence electrons. The van der Waals surface area contributed by atoms with Crippen molar-refractivity contribution < 1.29 is 19.1 Å². The SMILES string of the molecule is CNC(=O)ON=C1Oc2cc(C#N)ccc2OC1(C)C. The molecule has 1 aromatic rings. The van der Waals surface area contributed by atoms with Crippen LogP contribution in [0, 0.1) is 11.3 Å². The molecular formula is C13H13N3O4. The Morgan fingerprint density at radius 1 is 1.45 bits per heavy atom. The molecule has 0 spiro atoms. The molecule has 1 heterocycles. The van der Waals surface area contributed by atoms with Crippen LogP contribution >= 0.6 is 0 Å². The Labute approximate surface area is 115 Å². The number of hydrogen-bond donors (Lipinski definition) is 1. The number of fused-ring (bicyclic) bond motifs is 1. The van der Waals surface area contributed by atoms with Crippen LogP contribution in [0.15, 0.2) is 23.4 Å². The van der Waals surface area contributed by atoms with Crippen LogP contribution in [0.5, 0.6) is 11.5 Å². The predicted molar refractivity (Wildman–Crippen MR) is 69.5 cm³/mol. The van der Waals surface area contributed by atoms with Crippen molar-refractivity contribution >= 4 is 12.0 Å². The van der Waals surface area contributed by atoms with Crippen LogP contribution < -0.4 is 14.8 Å². The van der Waals surface area contributed by atoms with E-state index in [0.29, 0.717) is 17.1 Å². The lowest BCUT2D eigenvalue weighted by atomic mass is 10.1. The molecule has 0 aromatic heterocycles. The minimum absolute atomic E-state index is 0.0867. The topological polar surface area (TPSA) is 92.9 Å². The second kappa shape index (κ2) is 5.09. The number of carbonyl (C=O) groups is 1. The zero-order chi connectivity index (χ0) is 14.8. The van der Waals surface area contributed by atoms with Gasteiger partial charge in [-0.15, -0.1) is 0 Å². The van der Waals surface area contributed by atoms with Gasteiger partial charge in [-0.2, -0.15) is 5.26 Å². The molecule has 1 aliphatic heterocycles. The minimum atomic E-state index is -0.894. The third-order valence-corrected chi connectivity index (χ3v) is 2.58. The number of hydrogen-bond acceptors (Lipinski definition) is 6. The van der Waals surface area contributed by atoms with Crippen LogP contribution in [0.4, 0.5) is 4.79 Å². The summed E-state index contributed by atoms with van der Waals surface area (Å²) in [5, 5.41) is 14.8. The van der Waals surface area contributed by atoms with Gasteiger partial charge >= 0.3 is 6.09 Å². The summed E-state index contributed by atoms with van der Waals surface area (Å²) in [5.41, 5.74) is -0.464. The largest absolute Gasteiger partial charge is 0.474 e. The smallest absolute Gasteiger partial charge is 0.433 e. The molecule has 7 heteroatoms. The van der Waals surface area contributed by atoms with Gasteiger partial charge in [-0.25, -0.2) is 4.79 Å². The highest BCUT2D eigenvalue weighted by Gasteiger charge is 2.37. The summed E-state index contributed by atoms with van der Waals surface area (Å²) in [6.45, 7) is 3.44. The molecule has 0 saturated heterocycles. The molecular weight excluding hydrogens is 262 g/mol. The molecule has 1 aliphatic rings. The maximum atomic E-state index is 11.0. The lowest BCUT2D eigenvalue weighted by Crippen LogP contribution is -2.45. The van der Waals surface area contributed by atoms with Crippen LogP contribution in [0.3, 0.4) is 0 Å². The first kappa shape index (κ1) is 13.7. The van der Waals surface area contributed by atoms with E-state index < -0.39 is 11.7 Å². The maximum Gasteiger partial charge on any atom is 0.433 e. The summed E-state index contributed by atoms with van der Waals surface area (Å²) in [5.74, 6) is 0.930. The second-order valence-electron chi connectivity index (χ2n) is 4.51. The first-order chi connectivity index (χ1) is 9.46. The molecule has 0 radical (unpaired) electrons. The van der Waals surface area contributed by atoms with E-state index in [4.69, 9.17) is 14.7 Å². The summed E-state index contributed by atoms with van der Waals surface area (Å²) >= 11 is 0. The van der Waals surface area contributed by atoms with Gasteiger partial charge < -0.3 is 14.8 Å². The van der Waals surface area contributed by atoms with Crippen LogP contribution in [-0.2, 0) is 4.84 Å². The number of amides is 1. The first-order valence-electron chi connectivity index (χ1n) is 5.84. The van der Waals surface area contributed by atoms with Gasteiger partial charge in [0, 0.05) is 13.1 Å². The Bertz CT molecular complexity index is 617. The highest BCUT2D eigenvalue weighted by Crippen LogP contribution is 2.36. The molecule has 0 bridgehead atoms. The number of rotatable bonds is 1. The lowest BCUT2D eigenvalue weighted by molar-refractivity contribution is 0.115. The number of nitrogens with one attached hydrogen (secondary N) is 1. The van der Waals surface area contributed by atoms with Crippen LogP contribution in [-0.4, -0.2) is 24.6 Å².